The second-order valence-electron chi connectivity index (χ2n) is 3.94. The molecule has 1 aliphatic carbocycles. The third kappa shape index (κ3) is 1.40. The Morgan fingerprint density at radius 1 is 1.47 bits per heavy atom. The minimum absolute atomic E-state index is 0.516. The lowest BCUT2D eigenvalue weighted by molar-refractivity contribution is 0.444. The maximum atomic E-state index is 5.72. The summed E-state index contributed by atoms with van der Waals surface area (Å²) in [5.74, 6) is 1.31. The first kappa shape index (κ1) is 8.52. The van der Waals surface area contributed by atoms with Crippen LogP contribution in [0.2, 0.25) is 0 Å². The Labute approximate surface area is 87.3 Å². The second kappa shape index (κ2) is 3.12. The van der Waals surface area contributed by atoms with E-state index in [1.165, 1.54) is 19.3 Å². The number of nitrogen functional groups attached to an aromatic ring is 1. The molecule has 0 amide bonds. The fourth-order valence-electron chi connectivity index (χ4n) is 1.79. The highest BCUT2D eigenvalue weighted by molar-refractivity contribution is 5.65. The third-order valence-corrected chi connectivity index (χ3v) is 2.84. The van der Waals surface area contributed by atoms with Crippen LogP contribution in [0.3, 0.4) is 0 Å². The molecule has 15 heavy (non-hydrogen) atoms. The van der Waals surface area contributed by atoms with E-state index >= 15 is 0 Å². The van der Waals surface area contributed by atoms with E-state index < -0.39 is 0 Å². The van der Waals surface area contributed by atoms with Crippen LogP contribution in [-0.4, -0.2) is 20.4 Å². The van der Waals surface area contributed by atoms with Crippen LogP contribution < -0.4 is 11.1 Å². The maximum Gasteiger partial charge on any atom is 0.180 e. The molecule has 0 radical (unpaired) electrons. The third-order valence-electron chi connectivity index (χ3n) is 2.84. The fraction of sp³-hybridized carbons (Fsp3) is 0.400. The van der Waals surface area contributed by atoms with Gasteiger partial charge < -0.3 is 15.5 Å². The molecule has 0 bridgehead atoms. The summed E-state index contributed by atoms with van der Waals surface area (Å²) in [7, 11) is 0. The van der Waals surface area contributed by atoms with E-state index in [-0.39, 0.29) is 0 Å². The first-order valence-electron chi connectivity index (χ1n) is 5.18. The van der Waals surface area contributed by atoms with Gasteiger partial charge in [-0.1, -0.05) is 0 Å². The van der Waals surface area contributed by atoms with Crippen molar-refractivity contribution in [2.75, 3.05) is 11.1 Å². The van der Waals surface area contributed by atoms with Gasteiger partial charge in [-0.25, -0.2) is 9.97 Å². The lowest BCUT2D eigenvalue weighted by Crippen LogP contribution is -2.28. The van der Waals surface area contributed by atoms with Gasteiger partial charge in [-0.15, -0.1) is 0 Å². The lowest BCUT2D eigenvalue weighted by atomic mass is 9.93. The van der Waals surface area contributed by atoms with Gasteiger partial charge in [-0.2, -0.15) is 0 Å². The molecule has 0 saturated heterocycles. The molecule has 2 aromatic rings. The van der Waals surface area contributed by atoms with Crippen molar-refractivity contribution in [3.8, 4) is 0 Å². The molecule has 1 fully saturated rings. The molecule has 0 unspecified atom stereocenters. The van der Waals surface area contributed by atoms with E-state index in [0.29, 0.717) is 11.9 Å². The molecule has 1 saturated carbocycles. The molecule has 0 aliphatic heterocycles. The minimum atomic E-state index is 0.516. The van der Waals surface area contributed by atoms with Crippen LogP contribution in [0.25, 0.3) is 5.65 Å². The van der Waals surface area contributed by atoms with E-state index in [1.807, 2.05) is 10.6 Å². The molecule has 2 aromatic heterocycles. The summed E-state index contributed by atoms with van der Waals surface area (Å²) >= 11 is 0. The van der Waals surface area contributed by atoms with Crippen LogP contribution in [0.15, 0.2) is 18.6 Å². The topological polar surface area (TPSA) is 68.2 Å². The number of nitrogens with one attached hydrogen (secondary N) is 1. The Hall–Kier alpha value is -1.78. The molecular weight excluding hydrogens is 190 g/mol. The standard InChI is InChI=1S/C10H13N5/c11-8-6-15-5-4-12-10(15)9(14-8)13-7-2-1-3-7/h4-7H,1-3,11H2,(H,13,14). The van der Waals surface area contributed by atoms with Crippen molar-refractivity contribution in [1.82, 2.24) is 14.4 Å². The molecular formula is C10H13N5. The summed E-state index contributed by atoms with van der Waals surface area (Å²) in [5, 5.41) is 3.37. The van der Waals surface area contributed by atoms with E-state index in [0.717, 1.165) is 11.5 Å². The predicted molar refractivity (Wildman–Crippen MR) is 58.7 cm³/mol. The number of imidazole rings is 1. The normalized spacial score (nSPS) is 16.5. The number of nitrogens with zero attached hydrogens (tertiary/aromatic N) is 3. The van der Waals surface area contributed by atoms with Crippen molar-refractivity contribution in [1.29, 1.82) is 0 Å². The highest BCUT2D eigenvalue weighted by Gasteiger charge is 2.19. The van der Waals surface area contributed by atoms with Gasteiger partial charge in [-0.3, -0.25) is 0 Å². The van der Waals surface area contributed by atoms with Crippen LogP contribution in [0.5, 0.6) is 0 Å². The van der Waals surface area contributed by atoms with Crippen LogP contribution in [0.4, 0.5) is 11.6 Å². The average Bonchev–Trinajstić information content (AvgIpc) is 2.58. The van der Waals surface area contributed by atoms with Gasteiger partial charge in [0.05, 0.1) is 6.20 Å². The van der Waals surface area contributed by atoms with E-state index in [1.54, 1.807) is 12.4 Å². The highest BCUT2D eigenvalue weighted by atomic mass is 15.1. The molecule has 5 heteroatoms. The summed E-state index contributed by atoms with van der Waals surface area (Å²) in [6.07, 6.45) is 9.12. The molecule has 3 rings (SSSR count). The fourth-order valence-corrected chi connectivity index (χ4v) is 1.79. The molecule has 1 aliphatic rings. The van der Waals surface area contributed by atoms with Crippen LogP contribution in [0.1, 0.15) is 19.3 Å². The lowest BCUT2D eigenvalue weighted by Gasteiger charge is -2.27. The predicted octanol–water partition coefficient (Wildman–Crippen LogP) is 1.28. The van der Waals surface area contributed by atoms with Gasteiger partial charge in [0.2, 0.25) is 0 Å². The quantitative estimate of drug-likeness (QED) is 0.771. The summed E-state index contributed by atoms with van der Waals surface area (Å²) < 4.78 is 1.89. The highest BCUT2D eigenvalue weighted by Crippen LogP contribution is 2.24. The Bertz CT molecular complexity index is 486. The van der Waals surface area contributed by atoms with Crippen LogP contribution >= 0.6 is 0 Å². The number of hydrogen-bond acceptors (Lipinski definition) is 4. The van der Waals surface area contributed by atoms with Gasteiger partial charge in [0.25, 0.3) is 0 Å². The molecule has 78 valence electrons. The SMILES string of the molecule is Nc1cn2ccnc2c(NC2CCC2)n1. The zero-order valence-electron chi connectivity index (χ0n) is 8.35. The van der Waals surface area contributed by atoms with Crippen molar-refractivity contribution in [2.45, 2.75) is 25.3 Å². The Balaban J connectivity index is 2.02. The zero-order valence-corrected chi connectivity index (χ0v) is 8.35. The summed E-state index contributed by atoms with van der Waals surface area (Å²) in [6, 6.07) is 0.541. The molecule has 2 heterocycles. The van der Waals surface area contributed by atoms with Gasteiger partial charge in [-0.05, 0) is 19.3 Å². The molecule has 5 nitrogen and oxygen atoms in total. The van der Waals surface area contributed by atoms with E-state index in [9.17, 15) is 0 Å². The number of fused-ring (bicyclic) bond motifs is 1. The van der Waals surface area contributed by atoms with Gasteiger partial charge in [0.1, 0.15) is 5.82 Å². The number of rotatable bonds is 2. The number of nitrogens with two attached hydrogens (primary N) is 1. The largest absolute Gasteiger partial charge is 0.382 e. The van der Waals surface area contributed by atoms with E-state index in [2.05, 4.69) is 15.3 Å². The summed E-state index contributed by atoms with van der Waals surface area (Å²) in [5.41, 5.74) is 6.56. The first-order chi connectivity index (χ1) is 7.33. The second-order valence-corrected chi connectivity index (χ2v) is 3.94. The molecule has 3 N–H and O–H groups in total. The average molecular weight is 203 g/mol. The van der Waals surface area contributed by atoms with Gasteiger partial charge in [0.15, 0.2) is 11.5 Å². The monoisotopic (exact) mass is 203 g/mol. The van der Waals surface area contributed by atoms with Crippen molar-refractivity contribution in [3.05, 3.63) is 18.6 Å². The summed E-state index contributed by atoms with van der Waals surface area (Å²) in [6.45, 7) is 0. The molecule has 0 atom stereocenters. The van der Waals surface area contributed by atoms with Crippen molar-refractivity contribution in [3.63, 3.8) is 0 Å². The number of aromatic nitrogens is 3. The Morgan fingerprint density at radius 2 is 2.33 bits per heavy atom. The smallest absolute Gasteiger partial charge is 0.180 e. The number of hydrogen-bond donors (Lipinski definition) is 2. The summed E-state index contributed by atoms with van der Waals surface area (Å²) in [4.78, 5) is 8.53. The van der Waals surface area contributed by atoms with Crippen LogP contribution in [-0.2, 0) is 0 Å². The van der Waals surface area contributed by atoms with Crippen molar-refractivity contribution >= 4 is 17.3 Å². The Morgan fingerprint density at radius 3 is 3.07 bits per heavy atom. The molecule has 0 spiro atoms. The zero-order chi connectivity index (χ0) is 10.3. The molecule has 0 aromatic carbocycles. The minimum Gasteiger partial charge on any atom is -0.382 e. The maximum absolute atomic E-state index is 5.72. The number of anilines is 2. The van der Waals surface area contributed by atoms with Gasteiger partial charge >= 0.3 is 0 Å². The van der Waals surface area contributed by atoms with Crippen LogP contribution in [0, 0.1) is 0 Å². The van der Waals surface area contributed by atoms with Crippen molar-refractivity contribution < 1.29 is 0 Å². The van der Waals surface area contributed by atoms with Crippen molar-refractivity contribution in [2.24, 2.45) is 0 Å². The van der Waals surface area contributed by atoms with Gasteiger partial charge in [0, 0.05) is 18.4 Å². The first-order valence-corrected chi connectivity index (χ1v) is 5.18. The van der Waals surface area contributed by atoms with E-state index in [4.69, 9.17) is 5.73 Å². The Kier molecular flexibility index (Phi) is 1.77.